The molecular weight excluding hydrogens is 447 g/mol. The first-order chi connectivity index (χ1) is 16.1. The minimum Gasteiger partial charge on any atom is -0.370 e. The van der Waals surface area contributed by atoms with Gasteiger partial charge in [0, 0.05) is 30.9 Å². The van der Waals surface area contributed by atoms with E-state index < -0.39 is 29.1 Å². The fraction of sp³-hybridized carbons (Fsp3) is 0.542. The molecule has 2 fully saturated rings. The van der Waals surface area contributed by atoms with Crippen molar-refractivity contribution in [2.45, 2.75) is 39.4 Å². The Kier molecular flexibility index (Phi) is 6.58. The fourth-order valence-corrected chi connectivity index (χ4v) is 5.37. The van der Waals surface area contributed by atoms with Crippen LogP contribution in [-0.4, -0.2) is 42.1 Å². The maximum Gasteiger partial charge on any atom is 0.417 e. The molecule has 10 heteroatoms. The van der Waals surface area contributed by atoms with Crippen LogP contribution in [0.1, 0.15) is 41.0 Å². The predicted molar refractivity (Wildman–Crippen MR) is 119 cm³/mol. The molecule has 0 bridgehead atoms. The van der Waals surface area contributed by atoms with Crippen molar-refractivity contribution < 1.29 is 22.5 Å². The number of amides is 1. The number of carbonyl (C=O) groups excluding carboxylic acids is 1. The molecule has 0 radical (unpaired) electrons. The van der Waals surface area contributed by atoms with E-state index in [1.165, 1.54) is 12.1 Å². The van der Waals surface area contributed by atoms with Crippen molar-refractivity contribution in [3.63, 3.8) is 0 Å². The van der Waals surface area contributed by atoms with Crippen LogP contribution < -0.4 is 10.6 Å². The number of benzene rings is 1. The first-order valence-corrected chi connectivity index (χ1v) is 11.4. The zero-order valence-electron chi connectivity index (χ0n) is 19.2. The number of nitrogens with two attached hydrogens (primary N) is 1. The molecule has 182 valence electrons. The first kappa shape index (κ1) is 24.1. The lowest BCUT2D eigenvalue weighted by molar-refractivity contribution is -0.137. The Labute approximate surface area is 196 Å². The molecule has 2 aliphatic rings. The number of aromatic nitrogens is 1. The number of hydrogen-bond donors (Lipinski definition) is 1. The van der Waals surface area contributed by atoms with Gasteiger partial charge in [-0.3, -0.25) is 9.69 Å². The van der Waals surface area contributed by atoms with Gasteiger partial charge in [0.05, 0.1) is 28.8 Å². The summed E-state index contributed by atoms with van der Waals surface area (Å²) in [5.41, 5.74) is 6.69. The molecule has 34 heavy (non-hydrogen) atoms. The predicted octanol–water partition coefficient (Wildman–Crippen LogP) is 3.63. The molecule has 2 N–H and O–H groups in total. The highest BCUT2D eigenvalue weighted by molar-refractivity contribution is 5.79. The molecule has 0 spiro atoms. The van der Waals surface area contributed by atoms with E-state index in [2.05, 4.69) is 10.1 Å². The topological polar surface area (TPSA) is 99.4 Å². The Morgan fingerprint density at radius 1 is 1.26 bits per heavy atom. The van der Waals surface area contributed by atoms with Gasteiger partial charge in [0.25, 0.3) is 0 Å². The van der Waals surface area contributed by atoms with Crippen molar-refractivity contribution >= 4 is 11.6 Å². The van der Waals surface area contributed by atoms with E-state index in [4.69, 9.17) is 15.5 Å². The van der Waals surface area contributed by atoms with E-state index in [-0.39, 0.29) is 18.4 Å². The fourth-order valence-electron chi connectivity index (χ4n) is 5.37. The van der Waals surface area contributed by atoms with Crippen LogP contribution in [-0.2, 0) is 17.5 Å². The molecule has 1 aromatic carbocycles. The third-order valence-corrected chi connectivity index (χ3v) is 7.33. The van der Waals surface area contributed by atoms with Gasteiger partial charge in [-0.25, -0.2) is 0 Å². The van der Waals surface area contributed by atoms with E-state index in [1.807, 2.05) is 13.8 Å². The molecule has 2 aromatic rings. The van der Waals surface area contributed by atoms with Gasteiger partial charge in [0.15, 0.2) is 0 Å². The van der Waals surface area contributed by atoms with Gasteiger partial charge in [-0.1, -0.05) is 5.16 Å². The van der Waals surface area contributed by atoms with E-state index in [0.717, 1.165) is 55.6 Å². The summed E-state index contributed by atoms with van der Waals surface area (Å²) in [6, 6.07) is 5.32. The molecule has 0 aliphatic carbocycles. The highest BCUT2D eigenvalue weighted by Crippen LogP contribution is 2.40. The van der Waals surface area contributed by atoms with E-state index in [0.29, 0.717) is 12.2 Å². The summed E-state index contributed by atoms with van der Waals surface area (Å²) in [5.74, 6) is 0.201. The van der Waals surface area contributed by atoms with Crippen LogP contribution in [0.3, 0.4) is 0 Å². The number of nitrogens with zero attached hydrogens (tertiary/aromatic N) is 4. The summed E-state index contributed by atoms with van der Waals surface area (Å²) in [5, 5.41) is 13.1. The van der Waals surface area contributed by atoms with Crippen LogP contribution in [0.25, 0.3) is 0 Å². The summed E-state index contributed by atoms with van der Waals surface area (Å²) in [4.78, 5) is 16.4. The summed E-state index contributed by atoms with van der Waals surface area (Å²) >= 11 is 0. The van der Waals surface area contributed by atoms with Gasteiger partial charge in [0.2, 0.25) is 5.91 Å². The number of hydrogen-bond acceptors (Lipinski definition) is 6. The number of likely N-dealkylation sites (tertiary alicyclic amines) is 1. The average molecular weight is 476 g/mol. The lowest BCUT2D eigenvalue weighted by Gasteiger charge is -2.36. The van der Waals surface area contributed by atoms with Crippen LogP contribution in [0.15, 0.2) is 22.7 Å². The molecule has 4 rings (SSSR count). The number of primary amides is 1. The lowest BCUT2D eigenvalue weighted by Crippen LogP contribution is -2.40. The van der Waals surface area contributed by atoms with Crippen molar-refractivity contribution in [3.8, 4) is 6.07 Å². The molecule has 1 amide bonds. The Hall–Kier alpha value is -3.06. The third-order valence-electron chi connectivity index (χ3n) is 7.33. The molecular formula is C24H28F3N5O2. The quantitative estimate of drug-likeness (QED) is 0.709. The number of halogens is 3. The Balaban J connectivity index is 1.46. The summed E-state index contributed by atoms with van der Waals surface area (Å²) < 4.78 is 45.6. The highest BCUT2D eigenvalue weighted by Gasteiger charge is 2.42. The van der Waals surface area contributed by atoms with Crippen molar-refractivity contribution in [1.29, 1.82) is 5.26 Å². The summed E-state index contributed by atoms with van der Waals surface area (Å²) in [6.45, 7) is 7.04. The maximum atomic E-state index is 13.4. The molecule has 2 aliphatic heterocycles. The lowest BCUT2D eigenvalue weighted by atomic mass is 9.78. The number of carbonyl (C=O) groups is 1. The minimum atomic E-state index is -4.63. The second-order valence-corrected chi connectivity index (χ2v) is 9.33. The maximum absolute atomic E-state index is 13.4. The largest absolute Gasteiger partial charge is 0.417 e. The SMILES string of the molecule is Cc1noc(C)c1CN1CCC(C2CN(c3ccc(C#N)c(C(F)(F)F)c3)CC2C(N)=O)CC1. The van der Waals surface area contributed by atoms with Crippen LogP contribution >= 0.6 is 0 Å². The summed E-state index contributed by atoms with van der Waals surface area (Å²) in [7, 11) is 0. The Morgan fingerprint density at radius 3 is 2.53 bits per heavy atom. The van der Waals surface area contributed by atoms with Gasteiger partial charge in [-0.05, 0) is 69.8 Å². The summed E-state index contributed by atoms with van der Waals surface area (Å²) in [6.07, 6.45) is -2.86. The second kappa shape index (κ2) is 9.29. The van der Waals surface area contributed by atoms with Crippen LogP contribution in [0, 0.1) is 42.9 Å². The normalized spacial score (nSPS) is 22.2. The van der Waals surface area contributed by atoms with Gasteiger partial charge in [0.1, 0.15) is 5.76 Å². The Bertz CT molecular complexity index is 1080. The molecule has 7 nitrogen and oxygen atoms in total. The number of anilines is 1. The zero-order chi connectivity index (χ0) is 24.6. The van der Waals surface area contributed by atoms with E-state index in [1.54, 1.807) is 11.0 Å². The second-order valence-electron chi connectivity index (χ2n) is 9.33. The monoisotopic (exact) mass is 475 g/mol. The van der Waals surface area contributed by atoms with Crippen molar-refractivity contribution in [2.24, 2.45) is 23.5 Å². The van der Waals surface area contributed by atoms with Gasteiger partial charge in [-0.2, -0.15) is 18.4 Å². The number of piperidine rings is 1. The smallest absolute Gasteiger partial charge is 0.370 e. The van der Waals surface area contributed by atoms with Gasteiger partial charge in [-0.15, -0.1) is 0 Å². The van der Waals surface area contributed by atoms with Crippen LogP contribution in [0.4, 0.5) is 18.9 Å². The molecule has 1 aromatic heterocycles. The van der Waals surface area contributed by atoms with Gasteiger partial charge < -0.3 is 15.2 Å². The van der Waals surface area contributed by atoms with Crippen molar-refractivity contribution in [3.05, 3.63) is 46.3 Å². The van der Waals surface area contributed by atoms with Crippen LogP contribution in [0.2, 0.25) is 0 Å². The van der Waals surface area contributed by atoms with Crippen LogP contribution in [0.5, 0.6) is 0 Å². The first-order valence-electron chi connectivity index (χ1n) is 11.4. The number of nitriles is 1. The molecule has 2 atom stereocenters. The number of aryl methyl sites for hydroxylation is 2. The van der Waals surface area contributed by atoms with Gasteiger partial charge >= 0.3 is 6.18 Å². The van der Waals surface area contributed by atoms with Crippen molar-refractivity contribution in [1.82, 2.24) is 10.1 Å². The number of alkyl halides is 3. The Morgan fingerprint density at radius 2 is 1.97 bits per heavy atom. The standard InChI is InChI=1S/C24H28F3N5O2/c1-14-19(15(2)34-30-14)11-31-7-5-16(6-8-31)20-12-32(13-21(20)23(29)33)18-4-3-17(10-28)22(9-18)24(25,26)27/h3-4,9,16,20-21H,5-8,11-13H2,1-2H3,(H2,29,33). The zero-order valence-corrected chi connectivity index (χ0v) is 19.2. The molecule has 2 saturated heterocycles. The van der Waals surface area contributed by atoms with E-state index in [9.17, 15) is 18.0 Å². The highest BCUT2D eigenvalue weighted by atomic mass is 19.4. The van der Waals surface area contributed by atoms with E-state index >= 15 is 0 Å². The third kappa shape index (κ3) is 4.75. The molecule has 3 heterocycles. The minimum absolute atomic E-state index is 0.0244. The van der Waals surface area contributed by atoms with Crippen molar-refractivity contribution in [2.75, 3.05) is 31.1 Å². The molecule has 2 unspecified atom stereocenters. The number of rotatable bonds is 5. The molecule has 0 saturated carbocycles. The average Bonchev–Trinajstić information content (AvgIpc) is 3.38.